The number of hydrogen-bond donors (Lipinski definition) is 0. The highest BCUT2D eigenvalue weighted by atomic mass is 19.1. The summed E-state index contributed by atoms with van der Waals surface area (Å²) >= 11 is 0. The molecule has 1 fully saturated rings. The van der Waals surface area contributed by atoms with Crippen LogP contribution in [0.5, 0.6) is 0 Å². The Hall–Kier alpha value is -2.53. The van der Waals surface area contributed by atoms with Crippen molar-refractivity contribution in [2.75, 3.05) is 13.1 Å². The van der Waals surface area contributed by atoms with Gasteiger partial charge >= 0.3 is 0 Å². The van der Waals surface area contributed by atoms with Crippen molar-refractivity contribution >= 4 is 0 Å². The number of halogens is 1. The number of nitrogens with zero attached hydrogens (tertiary/aromatic N) is 4. The summed E-state index contributed by atoms with van der Waals surface area (Å²) in [7, 11) is 1.95. The summed E-state index contributed by atoms with van der Waals surface area (Å²) in [5.74, 6) is 0.184. The van der Waals surface area contributed by atoms with E-state index in [2.05, 4.69) is 22.3 Å². The average Bonchev–Trinajstić information content (AvgIpc) is 3.07. The van der Waals surface area contributed by atoms with Gasteiger partial charge in [0.2, 0.25) is 0 Å². The monoisotopic (exact) mass is 350 g/mol. The first kappa shape index (κ1) is 16.9. The van der Waals surface area contributed by atoms with Crippen molar-refractivity contribution in [1.82, 2.24) is 19.7 Å². The van der Waals surface area contributed by atoms with Gasteiger partial charge in [-0.15, -0.1) is 0 Å². The quantitative estimate of drug-likeness (QED) is 0.713. The molecule has 26 heavy (non-hydrogen) atoms. The lowest BCUT2D eigenvalue weighted by Crippen LogP contribution is -2.34. The number of aromatic nitrogens is 3. The van der Waals surface area contributed by atoms with Crippen LogP contribution < -0.4 is 0 Å². The van der Waals surface area contributed by atoms with Crippen molar-refractivity contribution in [1.29, 1.82) is 0 Å². The Morgan fingerprint density at radius 1 is 1.19 bits per heavy atom. The number of rotatable bonds is 4. The molecule has 0 saturated carbocycles. The van der Waals surface area contributed by atoms with Crippen molar-refractivity contribution in [2.45, 2.75) is 25.3 Å². The fourth-order valence-corrected chi connectivity index (χ4v) is 3.74. The van der Waals surface area contributed by atoms with Crippen LogP contribution >= 0.6 is 0 Å². The summed E-state index contributed by atoms with van der Waals surface area (Å²) in [6.45, 7) is 3.03. The molecule has 0 bridgehead atoms. The minimum atomic E-state index is -0.227. The van der Waals surface area contributed by atoms with Gasteiger partial charge in [0.25, 0.3) is 0 Å². The predicted molar refractivity (Wildman–Crippen MR) is 100 cm³/mol. The van der Waals surface area contributed by atoms with Gasteiger partial charge in [0, 0.05) is 49.1 Å². The van der Waals surface area contributed by atoms with Crippen LogP contribution in [0.3, 0.4) is 0 Å². The maximum Gasteiger partial charge on any atom is 0.123 e. The van der Waals surface area contributed by atoms with Crippen LogP contribution in [-0.2, 0) is 13.6 Å². The molecule has 3 aromatic rings. The first-order chi connectivity index (χ1) is 12.7. The fourth-order valence-electron chi connectivity index (χ4n) is 3.74. The van der Waals surface area contributed by atoms with E-state index in [0.717, 1.165) is 49.4 Å². The highest BCUT2D eigenvalue weighted by Crippen LogP contribution is 2.28. The molecule has 0 aliphatic carbocycles. The van der Waals surface area contributed by atoms with E-state index in [1.165, 1.54) is 11.6 Å². The van der Waals surface area contributed by atoms with Gasteiger partial charge in [0.1, 0.15) is 5.82 Å². The summed E-state index contributed by atoms with van der Waals surface area (Å²) in [6.07, 6.45) is 6.32. The third kappa shape index (κ3) is 3.83. The Bertz CT molecular complexity index is 889. The Morgan fingerprint density at radius 3 is 2.88 bits per heavy atom. The summed E-state index contributed by atoms with van der Waals surface area (Å²) in [4.78, 5) is 7.32. The van der Waals surface area contributed by atoms with Crippen LogP contribution in [0.1, 0.15) is 30.0 Å². The van der Waals surface area contributed by atoms with E-state index >= 15 is 0 Å². The Morgan fingerprint density at radius 2 is 2.08 bits per heavy atom. The SMILES string of the molecule is Cn1cc(CN2CCC[C@H](c3cccc(-c4cccc(F)c4)n3)C2)cn1. The predicted octanol–water partition coefficient (Wildman–Crippen LogP) is 4.00. The number of benzene rings is 1. The maximum absolute atomic E-state index is 13.5. The number of likely N-dealkylation sites (tertiary alicyclic amines) is 1. The third-order valence-electron chi connectivity index (χ3n) is 4.98. The molecule has 0 unspecified atom stereocenters. The van der Waals surface area contributed by atoms with Crippen molar-refractivity contribution < 1.29 is 4.39 Å². The van der Waals surface area contributed by atoms with Gasteiger partial charge in [-0.3, -0.25) is 14.6 Å². The number of aryl methyl sites for hydroxylation is 1. The van der Waals surface area contributed by atoms with Crippen LogP contribution in [0.15, 0.2) is 54.9 Å². The van der Waals surface area contributed by atoms with Gasteiger partial charge in [0.05, 0.1) is 11.9 Å². The molecular formula is C21H23FN4. The second-order valence-electron chi connectivity index (χ2n) is 7.05. The molecule has 0 amide bonds. The van der Waals surface area contributed by atoms with E-state index in [-0.39, 0.29) is 5.82 Å². The molecule has 4 rings (SSSR count). The molecule has 1 atom stereocenters. The zero-order valence-corrected chi connectivity index (χ0v) is 15.0. The first-order valence-electron chi connectivity index (χ1n) is 9.10. The molecule has 1 saturated heterocycles. The van der Waals surface area contributed by atoms with E-state index in [1.807, 2.05) is 36.1 Å². The normalized spacial score (nSPS) is 18.2. The molecule has 0 radical (unpaired) electrons. The summed E-state index contributed by atoms with van der Waals surface area (Å²) < 4.78 is 15.4. The molecule has 5 heteroatoms. The van der Waals surface area contributed by atoms with Crippen LogP contribution in [0, 0.1) is 5.82 Å². The molecule has 0 N–H and O–H groups in total. The van der Waals surface area contributed by atoms with Gasteiger partial charge in [-0.05, 0) is 43.7 Å². The standard InChI is InChI=1S/C21H23FN4/c1-25-13-16(12-23-25)14-26-10-4-6-18(15-26)21-9-3-8-20(24-21)17-5-2-7-19(22)11-17/h2-3,5,7-9,11-13,18H,4,6,10,14-15H2,1H3/t18-/m0/s1. The lowest BCUT2D eigenvalue weighted by Gasteiger charge is -2.32. The van der Waals surface area contributed by atoms with E-state index in [4.69, 9.17) is 4.98 Å². The van der Waals surface area contributed by atoms with E-state index in [1.54, 1.807) is 12.1 Å². The lowest BCUT2D eigenvalue weighted by atomic mass is 9.93. The molecule has 3 heterocycles. The van der Waals surface area contributed by atoms with Gasteiger partial charge in [-0.25, -0.2) is 4.39 Å². The number of pyridine rings is 1. The number of piperidine rings is 1. The minimum Gasteiger partial charge on any atom is -0.298 e. The van der Waals surface area contributed by atoms with E-state index < -0.39 is 0 Å². The second-order valence-corrected chi connectivity index (χ2v) is 7.05. The molecular weight excluding hydrogens is 327 g/mol. The van der Waals surface area contributed by atoms with Gasteiger partial charge in [-0.1, -0.05) is 18.2 Å². The summed E-state index contributed by atoms with van der Waals surface area (Å²) in [6, 6.07) is 12.7. The maximum atomic E-state index is 13.5. The van der Waals surface area contributed by atoms with E-state index in [0.29, 0.717) is 5.92 Å². The van der Waals surface area contributed by atoms with Crippen LogP contribution in [0.25, 0.3) is 11.3 Å². The summed E-state index contributed by atoms with van der Waals surface area (Å²) in [5.41, 5.74) is 4.01. The lowest BCUT2D eigenvalue weighted by molar-refractivity contribution is 0.198. The molecule has 1 aliphatic heterocycles. The molecule has 1 aliphatic rings. The Kier molecular flexibility index (Phi) is 4.80. The minimum absolute atomic E-state index is 0.227. The van der Waals surface area contributed by atoms with Gasteiger partial charge in [0.15, 0.2) is 0 Å². The topological polar surface area (TPSA) is 34.0 Å². The molecule has 134 valence electrons. The molecule has 2 aromatic heterocycles. The smallest absolute Gasteiger partial charge is 0.123 e. The highest BCUT2D eigenvalue weighted by molar-refractivity contribution is 5.59. The second kappa shape index (κ2) is 7.38. The van der Waals surface area contributed by atoms with Crippen LogP contribution in [-0.4, -0.2) is 32.8 Å². The van der Waals surface area contributed by atoms with Crippen molar-refractivity contribution in [3.8, 4) is 11.3 Å². The first-order valence-corrected chi connectivity index (χ1v) is 9.10. The van der Waals surface area contributed by atoms with E-state index in [9.17, 15) is 4.39 Å². The van der Waals surface area contributed by atoms with Gasteiger partial charge < -0.3 is 0 Å². The largest absolute Gasteiger partial charge is 0.298 e. The highest BCUT2D eigenvalue weighted by Gasteiger charge is 2.23. The van der Waals surface area contributed by atoms with Crippen molar-refractivity contribution in [3.05, 3.63) is 71.9 Å². The zero-order chi connectivity index (χ0) is 17.9. The fraction of sp³-hybridized carbons (Fsp3) is 0.333. The zero-order valence-electron chi connectivity index (χ0n) is 15.0. The van der Waals surface area contributed by atoms with Crippen molar-refractivity contribution in [3.63, 3.8) is 0 Å². The number of hydrogen-bond acceptors (Lipinski definition) is 3. The molecule has 4 nitrogen and oxygen atoms in total. The average molecular weight is 350 g/mol. The van der Waals surface area contributed by atoms with Crippen molar-refractivity contribution in [2.24, 2.45) is 7.05 Å². The molecule has 0 spiro atoms. The Balaban J connectivity index is 1.50. The molecule has 1 aromatic carbocycles. The van der Waals surface area contributed by atoms with Gasteiger partial charge in [-0.2, -0.15) is 5.10 Å². The Labute approximate surface area is 153 Å². The van der Waals surface area contributed by atoms with Crippen LogP contribution in [0.2, 0.25) is 0 Å². The van der Waals surface area contributed by atoms with Crippen LogP contribution in [0.4, 0.5) is 4.39 Å². The summed E-state index contributed by atoms with van der Waals surface area (Å²) in [5, 5.41) is 4.26. The third-order valence-corrected chi connectivity index (χ3v) is 4.98.